The van der Waals surface area contributed by atoms with Crippen LogP contribution >= 0.6 is 0 Å². The lowest BCUT2D eigenvalue weighted by molar-refractivity contribution is -0.116. The molecule has 0 saturated carbocycles. The van der Waals surface area contributed by atoms with Gasteiger partial charge in [0.25, 0.3) is 0 Å². The van der Waals surface area contributed by atoms with Crippen molar-refractivity contribution in [3.63, 3.8) is 0 Å². The maximum atomic E-state index is 11.7. The summed E-state index contributed by atoms with van der Waals surface area (Å²) in [4.78, 5) is 15.6. The topological polar surface area (TPSA) is 85.8 Å². The van der Waals surface area contributed by atoms with Gasteiger partial charge in [-0.15, -0.1) is 0 Å². The number of aryl methyl sites for hydroxylation is 1. The maximum Gasteiger partial charge on any atom is 0.228 e. The van der Waals surface area contributed by atoms with Gasteiger partial charge in [0.2, 0.25) is 11.9 Å². The minimum Gasteiger partial charge on any atom is -0.327 e. The Hall–Kier alpha value is -1.43. The van der Waals surface area contributed by atoms with E-state index in [0.717, 1.165) is 6.42 Å². The Bertz CT molecular complexity index is 379. The fraction of sp³-hybridized carbons (Fsp3) is 0.727. The van der Waals surface area contributed by atoms with E-state index in [2.05, 4.69) is 36.2 Å². The first-order chi connectivity index (χ1) is 7.78. The van der Waals surface area contributed by atoms with Crippen LogP contribution in [-0.2, 0) is 11.8 Å². The molecule has 0 aromatic carbocycles. The number of carbonyl (C=O) groups excluding carboxylic acids is 1. The average molecular weight is 239 g/mol. The van der Waals surface area contributed by atoms with Gasteiger partial charge in [0.15, 0.2) is 0 Å². The zero-order valence-corrected chi connectivity index (χ0v) is 10.9. The van der Waals surface area contributed by atoms with E-state index in [9.17, 15) is 4.79 Å². The second kappa shape index (κ2) is 5.27. The summed E-state index contributed by atoms with van der Waals surface area (Å²) < 4.78 is 1.51. The number of amides is 1. The molecule has 0 bridgehead atoms. The summed E-state index contributed by atoms with van der Waals surface area (Å²) in [5, 5.41) is 6.55. The normalized spacial score (nSPS) is 13.5. The third kappa shape index (κ3) is 4.95. The molecule has 0 aliphatic heterocycles. The molecule has 0 aliphatic rings. The van der Waals surface area contributed by atoms with Crippen molar-refractivity contribution in [1.29, 1.82) is 0 Å². The average Bonchev–Trinajstić information content (AvgIpc) is 2.47. The number of hydrogen-bond donors (Lipinski definition) is 2. The van der Waals surface area contributed by atoms with E-state index < -0.39 is 0 Å². The van der Waals surface area contributed by atoms with Crippen molar-refractivity contribution in [2.45, 2.75) is 39.7 Å². The van der Waals surface area contributed by atoms with Crippen molar-refractivity contribution in [2.24, 2.45) is 18.2 Å². The van der Waals surface area contributed by atoms with Gasteiger partial charge in [-0.1, -0.05) is 20.8 Å². The minimum absolute atomic E-state index is 0.127. The molecular weight excluding hydrogens is 218 g/mol. The summed E-state index contributed by atoms with van der Waals surface area (Å²) in [6.07, 6.45) is 2.49. The molecule has 17 heavy (non-hydrogen) atoms. The largest absolute Gasteiger partial charge is 0.327 e. The quantitative estimate of drug-likeness (QED) is 0.817. The highest BCUT2D eigenvalue weighted by molar-refractivity contribution is 5.89. The highest BCUT2D eigenvalue weighted by Gasteiger charge is 2.18. The third-order valence-corrected chi connectivity index (χ3v) is 2.28. The number of aromatic nitrogens is 3. The van der Waals surface area contributed by atoms with Gasteiger partial charge in [-0.2, -0.15) is 10.1 Å². The van der Waals surface area contributed by atoms with Crippen LogP contribution in [0, 0.1) is 5.41 Å². The van der Waals surface area contributed by atoms with Crippen LogP contribution in [0.1, 0.15) is 33.6 Å². The molecular formula is C11H21N5O. The summed E-state index contributed by atoms with van der Waals surface area (Å²) in [6, 6.07) is -0.136. The molecule has 1 atom stereocenters. The summed E-state index contributed by atoms with van der Waals surface area (Å²) in [5.74, 6) is 0.316. The zero-order valence-electron chi connectivity index (χ0n) is 10.9. The molecule has 1 aromatic rings. The Balaban J connectivity index is 2.43. The van der Waals surface area contributed by atoms with Crippen LogP contribution in [0.15, 0.2) is 6.33 Å². The molecule has 1 aromatic heterocycles. The summed E-state index contributed by atoms with van der Waals surface area (Å²) in [7, 11) is 1.72. The molecule has 6 heteroatoms. The molecule has 6 nitrogen and oxygen atoms in total. The van der Waals surface area contributed by atoms with Crippen molar-refractivity contribution in [3.05, 3.63) is 6.33 Å². The van der Waals surface area contributed by atoms with Crippen molar-refractivity contribution in [3.8, 4) is 0 Å². The first kappa shape index (κ1) is 13.6. The molecule has 0 spiro atoms. The van der Waals surface area contributed by atoms with E-state index in [4.69, 9.17) is 5.73 Å². The van der Waals surface area contributed by atoms with Crippen LogP contribution in [0.5, 0.6) is 0 Å². The van der Waals surface area contributed by atoms with Crippen molar-refractivity contribution >= 4 is 11.9 Å². The van der Waals surface area contributed by atoms with Crippen molar-refractivity contribution in [2.75, 3.05) is 5.32 Å². The molecule has 0 radical (unpaired) electrons. The molecule has 1 rings (SSSR count). The van der Waals surface area contributed by atoms with Crippen LogP contribution in [0.2, 0.25) is 0 Å². The molecule has 0 saturated heterocycles. The summed E-state index contributed by atoms with van der Waals surface area (Å²) in [6.45, 7) is 6.31. The smallest absolute Gasteiger partial charge is 0.228 e. The minimum atomic E-state index is -0.136. The molecule has 0 fully saturated rings. The summed E-state index contributed by atoms with van der Waals surface area (Å²) in [5.41, 5.74) is 6.05. The number of hydrogen-bond acceptors (Lipinski definition) is 4. The van der Waals surface area contributed by atoms with E-state index in [0.29, 0.717) is 12.4 Å². The third-order valence-electron chi connectivity index (χ3n) is 2.28. The monoisotopic (exact) mass is 239 g/mol. The van der Waals surface area contributed by atoms with E-state index >= 15 is 0 Å². The summed E-state index contributed by atoms with van der Waals surface area (Å²) >= 11 is 0. The van der Waals surface area contributed by atoms with Gasteiger partial charge < -0.3 is 5.73 Å². The van der Waals surface area contributed by atoms with Crippen LogP contribution in [0.3, 0.4) is 0 Å². The predicted molar refractivity (Wildman–Crippen MR) is 66.3 cm³/mol. The number of nitrogens with zero attached hydrogens (tertiary/aromatic N) is 3. The van der Waals surface area contributed by atoms with Crippen LogP contribution in [-0.4, -0.2) is 26.7 Å². The zero-order chi connectivity index (χ0) is 13.1. The predicted octanol–water partition coefficient (Wildman–Crippen LogP) is 0.907. The van der Waals surface area contributed by atoms with Gasteiger partial charge in [0.05, 0.1) is 0 Å². The van der Waals surface area contributed by atoms with E-state index in [1.165, 1.54) is 11.0 Å². The van der Waals surface area contributed by atoms with Crippen molar-refractivity contribution in [1.82, 2.24) is 14.8 Å². The fourth-order valence-corrected chi connectivity index (χ4v) is 1.68. The second-order valence-electron chi connectivity index (χ2n) is 5.48. The molecule has 1 heterocycles. The maximum absolute atomic E-state index is 11.7. The molecule has 96 valence electrons. The Kier molecular flexibility index (Phi) is 4.22. The number of nitrogens with two attached hydrogens (primary N) is 1. The van der Waals surface area contributed by atoms with Gasteiger partial charge in [-0.3, -0.25) is 10.1 Å². The SMILES string of the molecule is Cn1ncnc1NC(=O)CC(N)CC(C)(C)C. The van der Waals surface area contributed by atoms with Gasteiger partial charge in [0.1, 0.15) is 6.33 Å². The first-order valence-corrected chi connectivity index (χ1v) is 5.67. The standard InChI is InChI=1S/C11H21N5O/c1-11(2,3)6-8(12)5-9(17)15-10-13-7-14-16(10)4/h7-8H,5-6,12H2,1-4H3,(H,13,14,15,17). The van der Waals surface area contributed by atoms with Crippen LogP contribution in [0.4, 0.5) is 5.95 Å². The van der Waals surface area contributed by atoms with E-state index in [-0.39, 0.29) is 17.4 Å². The Morgan fingerprint density at radius 1 is 1.59 bits per heavy atom. The van der Waals surface area contributed by atoms with Gasteiger partial charge in [0, 0.05) is 19.5 Å². The lowest BCUT2D eigenvalue weighted by Gasteiger charge is -2.22. The number of nitrogens with one attached hydrogen (secondary N) is 1. The lowest BCUT2D eigenvalue weighted by Crippen LogP contribution is -2.31. The van der Waals surface area contributed by atoms with Gasteiger partial charge >= 0.3 is 0 Å². The van der Waals surface area contributed by atoms with E-state index in [1.54, 1.807) is 7.05 Å². The Morgan fingerprint density at radius 3 is 2.71 bits per heavy atom. The van der Waals surface area contributed by atoms with Gasteiger partial charge in [-0.05, 0) is 11.8 Å². The fourth-order valence-electron chi connectivity index (χ4n) is 1.68. The van der Waals surface area contributed by atoms with Crippen molar-refractivity contribution < 1.29 is 4.79 Å². The van der Waals surface area contributed by atoms with Crippen LogP contribution < -0.4 is 11.1 Å². The second-order valence-corrected chi connectivity index (χ2v) is 5.48. The van der Waals surface area contributed by atoms with E-state index in [1.807, 2.05) is 0 Å². The van der Waals surface area contributed by atoms with Gasteiger partial charge in [-0.25, -0.2) is 4.68 Å². The lowest BCUT2D eigenvalue weighted by atomic mass is 9.87. The molecule has 3 N–H and O–H groups in total. The molecule has 0 aliphatic carbocycles. The number of anilines is 1. The molecule has 1 unspecified atom stereocenters. The number of carbonyl (C=O) groups is 1. The Labute approximate surface area is 102 Å². The Morgan fingerprint density at radius 2 is 2.24 bits per heavy atom. The van der Waals surface area contributed by atoms with Crippen LogP contribution in [0.25, 0.3) is 0 Å². The highest BCUT2D eigenvalue weighted by atomic mass is 16.1. The highest BCUT2D eigenvalue weighted by Crippen LogP contribution is 2.21. The molecule has 1 amide bonds. The number of rotatable bonds is 4. The first-order valence-electron chi connectivity index (χ1n) is 5.67.